The predicted molar refractivity (Wildman–Crippen MR) is 64.3 cm³/mol. The van der Waals surface area contributed by atoms with Crippen LogP contribution in [0.3, 0.4) is 0 Å². The van der Waals surface area contributed by atoms with E-state index in [-0.39, 0.29) is 0 Å². The first-order valence-electron chi connectivity index (χ1n) is 5.92. The fraction of sp³-hybridized carbons (Fsp3) is 0.0833. The summed E-state index contributed by atoms with van der Waals surface area (Å²) in [6.45, 7) is 0. The number of halogens is 8. The zero-order valence-corrected chi connectivity index (χ0v) is 11.1. The van der Waals surface area contributed by atoms with E-state index in [1.807, 2.05) is 0 Å². The van der Waals surface area contributed by atoms with E-state index in [9.17, 15) is 35.1 Å². The van der Waals surface area contributed by atoms with Gasteiger partial charge in [-0.25, -0.2) is 26.9 Å². The quantitative estimate of drug-likeness (QED) is 0.375. The van der Waals surface area contributed by atoms with Gasteiger partial charge in [0.15, 0.2) is 23.3 Å². The second-order valence-corrected chi connectivity index (χ2v) is 4.45. The smallest absolute Gasteiger partial charge is 0.423 e. The molecule has 2 rings (SSSR count). The summed E-state index contributed by atoms with van der Waals surface area (Å²) >= 11 is 0. The van der Waals surface area contributed by atoms with E-state index in [0.717, 1.165) is 0 Å². The molecule has 1 aromatic carbocycles. The molecule has 0 aliphatic rings. The largest absolute Gasteiger partial charge is 0.490 e. The number of hydrogen-bond donors (Lipinski definition) is 2. The fourth-order valence-corrected chi connectivity index (χ4v) is 1.87. The van der Waals surface area contributed by atoms with E-state index in [0.29, 0.717) is 12.1 Å². The number of benzene rings is 1. The molecule has 2 N–H and O–H groups in total. The van der Waals surface area contributed by atoms with Crippen LogP contribution < -0.4 is 5.46 Å². The molecule has 0 atom stereocenters. The number of alkyl halides is 3. The van der Waals surface area contributed by atoms with E-state index in [1.54, 1.807) is 0 Å². The molecule has 0 radical (unpaired) electrons. The van der Waals surface area contributed by atoms with Gasteiger partial charge in [0.25, 0.3) is 0 Å². The van der Waals surface area contributed by atoms with Crippen LogP contribution in [0.5, 0.6) is 0 Å². The highest BCUT2D eigenvalue weighted by molar-refractivity contribution is 6.59. The van der Waals surface area contributed by atoms with Gasteiger partial charge in [0.05, 0.1) is 11.3 Å². The molecule has 0 aliphatic carbocycles. The predicted octanol–water partition coefficient (Wildman–Crippen LogP) is 2.14. The molecule has 0 saturated carbocycles. The van der Waals surface area contributed by atoms with Crippen LogP contribution in [0.15, 0.2) is 12.1 Å². The van der Waals surface area contributed by atoms with Crippen molar-refractivity contribution in [1.82, 2.24) is 4.98 Å². The van der Waals surface area contributed by atoms with E-state index < -0.39 is 64.8 Å². The van der Waals surface area contributed by atoms with Crippen LogP contribution >= 0.6 is 0 Å². The molecule has 24 heavy (non-hydrogen) atoms. The van der Waals surface area contributed by atoms with E-state index in [2.05, 4.69) is 4.98 Å². The molecule has 1 heterocycles. The van der Waals surface area contributed by atoms with Crippen LogP contribution in [0, 0.1) is 29.1 Å². The van der Waals surface area contributed by atoms with E-state index in [1.165, 1.54) is 0 Å². The highest BCUT2D eigenvalue weighted by Crippen LogP contribution is 2.33. The highest BCUT2D eigenvalue weighted by Gasteiger charge is 2.39. The summed E-state index contributed by atoms with van der Waals surface area (Å²) < 4.78 is 105. The zero-order valence-electron chi connectivity index (χ0n) is 11.1. The van der Waals surface area contributed by atoms with Gasteiger partial charge in [-0.2, -0.15) is 13.2 Å². The molecular formula is C12H4BF8NO2. The Morgan fingerprint density at radius 2 is 1.25 bits per heavy atom. The van der Waals surface area contributed by atoms with E-state index in [4.69, 9.17) is 10.0 Å². The van der Waals surface area contributed by atoms with Crippen LogP contribution in [0.25, 0.3) is 11.3 Å². The SMILES string of the molecule is OB(O)c1ccc(-c2c(F)c(F)c(F)c(F)c2F)nc1C(F)(F)F. The molecule has 0 fully saturated rings. The van der Waals surface area contributed by atoms with Crippen molar-refractivity contribution in [3.05, 3.63) is 46.9 Å². The lowest BCUT2D eigenvalue weighted by molar-refractivity contribution is -0.140. The third-order valence-electron chi connectivity index (χ3n) is 2.94. The minimum Gasteiger partial charge on any atom is -0.423 e. The lowest BCUT2D eigenvalue weighted by Crippen LogP contribution is -2.37. The maximum atomic E-state index is 13.6. The number of rotatable bonds is 2. The maximum absolute atomic E-state index is 13.6. The summed E-state index contributed by atoms with van der Waals surface area (Å²) in [6, 6.07) is 0.857. The first-order chi connectivity index (χ1) is 11.0. The monoisotopic (exact) mass is 357 g/mol. The number of aromatic nitrogens is 1. The van der Waals surface area contributed by atoms with Crippen LogP contribution in [-0.2, 0) is 6.18 Å². The van der Waals surface area contributed by atoms with Crippen molar-refractivity contribution in [3.63, 3.8) is 0 Å². The minimum absolute atomic E-state index is 0.397. The van der Waals surface area contributed by atoms with Gasteiger partial charge in [-0.05, 0) is 6.07 Å². The Morgan fingerprint density at radius 1 is 0.792 bits per heavy atom. The van der Waals surface area contributed by atoms with Crippen molar-refractivity contribution in [1.29, 1.82) is 0 Å². The molecule has 0 bridgehead atoms. The Bertz CT molecular complexity index is 780. The topological polar surface area (TPSA) is 53.4 Å². The molecule has 0 spiro atoms. The first-order valence-corrected chi connectivity index (χ1v) is 5.92. The van der Waals surface area contributed by atoms with Crippen molar-refractivity contribution < 1.29 is 45.2 Å². The van der Waals surface area contributed by atoms with Crippen molar-refractivity contribution in [2.45, 2.75) is 6.18 Å². The molecule has 0 saturated heterocycles. The molecule has 12 heteroatoms. The molecule has 0 unspecified atom stereocenters. The number of hydrogen-bond acceptors (Lipinski definition) is 3. The molecule has 1 aromatic heterocycles. The second kappa shape index (κ2) is 6.02. The Morgan fingerprint density at radius 3 is 1.67 bits per heavy atom. The van der Waals surface area contributed by atoms with Crippen molar-refractivity contribution in [2.24, 2.45) is 0 Å². The summed E-state index contributed by atoms with van der Waals surface area (Å²) in [7, 11) is -2.63. The van der Waals surface area contributed by atoms with Crippen LogP contribution in [0.1, 0.15) is 5.69 Å². The van der Waals surface area contributed by atoms with Gasteiger partial charge in [0.2, 0.25) is 5.82 Å². The summed E-state index contributed by atoms with van der Waals surface area (Å²) in [4.78, 5) is 2.79. The molecule has 0 aliphatic heterocycles. The van der Waals surface area contributed by atoms with Gasteiger partial charge in [-0.3, -0.25) is 0 Å². The third kappa shape index (κ3) is 2.94. The number of pyridine rings is 1. The molecule has 128 valence electrons. The molecule has 3 nitrogen and oxygen atoms in total. The standard InChI is InChI=1S/C12H4BF8NO2/c14-6-5(7(15)9(17)10(18)8(6)16)4-2-1-3(13(23)24)11(22-4)12(19,20)21/h1-2,23-24H. The summed E-state index contributed by atoms with van der Waals surface area (Å²) in [6.07, 6.45) is -5.28. The van der Waals surface area contributed by atoms with Gasteiger partial charge in [0.1, 0.15) is 5.69 Å². The van der Waals surface area contributed by atoms with Gasteiger partial charge >= 0.3 is 13.3 Å². The lowest BCUT2D eigenvalue weighted by atomic mass is 9.78. The van der Waals surface area contributed by atoms with Crippen molar-refractivity contribution in [2.75, 3.05) is 0 Å². The van der Waals surface area contributed by atoms with Gasteiger partial charge in [-0.1, -0.05) is 6.07 Å². The summed E-state index contributed by atoms with van der Waals surface area (Å²) in [5, 5.41) is 17.7. The van der Waals surface area contributed by atoms with Crippen molar-refractivity contribution in [3.8, 4) is 11.3 Å². The average molecular weight is 357 g/mol. The molecule has 2 aromatic rings. The lowest BCUT2D eigenvalue weighted by Gasteiger charge is -2.14. The van der Waals surface area contributed by atoms with Crippen LogP contribution in [0.4, 0.5) is 35.1 Å². The van der Waals surface area contributed by atoms with Gasteiger partial charge < -0.3 is 10.0 Å². The van der Waals surface area contributed by atoms with Crippen LogP contribution in [-0.4, -0.2) is 22.2 Å². The Hall–Kier alpha value is -2.21. The number of nitrogens with zero attached hydrogens (tertiary/aromatic N) is 1. The minimum atomic E-state index is -5.28. The Balaban J connectivity index is 2.81. The first kappa shape index (κ1) is 18.1. The fourth-order valence-electron chi connectivity index (χ4n) is 1.87. The zero-order chi connectivity index (χ0) is 18.4. The van der Waals surface area contributed by atoms with Crippen molar-refractivity contribution >= 4 is 12.6 Å². The van der Waals surface area contributed by atoms with Crippen LogP contribution in [0.2, 0.25) is 0 Å². The normalized spacial score (nSPS) is 11.8. The maximum Gasteiger partial charge on any atom is 0.490 e. The second-order valence-electron chi connectivity index (χ2n) is 4.45. The highest BCUT2D eigenvalue weighted by atomic mass is 19.4. The molecular weight excluding hydrogens is 353 g/mol. The van der Waals surface area contributed by atoms with Gasteiger partial charge in [-0.15, -0.1) is 0 Å². The Labute approximate surface area is 128 Å². The summed E-state index contributed by atoms with van der Waals surface area (Å²) in [5.41, 5.74) is -6.00. The average Bonchev–Trinajstić information content (AvgIpc) is 2.50. The Kier molecular flexibility index (Phi) is 4.55. The third-order valence-corrected chi connectivity index (χ3v) is 2.94. The summed E-state index contributed by atoms with van der Waals surface area (Å²) in [5.74, 6) is -11.9. The van der Waals surface area contributed by atoms with Gasteiger partial charge in [0, 0.05) is 5.46 Å². The molecule has 0 amide bonds. The van der Waals surface area contributed by atoms with E-state index >= 15 is 0 Å².